The Labute approximate surface area is 95.2 Å². The van der Waals surface area contributed by atoms with Crippen LogP contribution < -0.4 is 0 Å². The molecular formula is C12H18O4. The fourth-order valence-electron chi connectivity index (χ4n) is 3.03. The first-order valence-electron chi connectivity index (χ1n) is 6.00. The molecule has 4 heteroatoms. The van der Waals surface area contributed by atoms with Gasteiger partial charge in [-0.25, -0.2) is 0 Å². The second-order valence-electron chi connectivity index (χ2n) is 5.79. The van der Waals surface area contributed by atoms with Crippen molar-refractivity contribution in [2.45, 2.75) is 64.1 Å². The van der Waals surface area contributed by atoms with E-state index in [4.69, 9.17) is 14.2 Å². The minimum atomic E-state index is -0.538. The smallest absolute Gasteiger partial charge is 0.314 e. The van der Waals surface area contributed by atoms with Crippen LogP contribution in [0.15, 0.2) is 0 Å². The fourth-order valence-corrected chi connectivity index (χ4v) is 3.03. The molecule has 0 aromatic heterocycles. The highest BCUT2D eigenvalue weighted by atomic mass is 16.7. The molecule has 0 aliphatic carbocycles. The van der Waals surface area contributed by atoms with E-state index in [1.165, 1.54) is 0 Å². The van der Waals surface area contributed by atoms with Crippen LogP contribution in [-0.2, 0) is 19.0 Å². The standard InChI is InChI=1S/C12H18O4/c1-7-4-5-12(15-7)6-8-9(16-12)11(2,3)10(13)14-8/h7-9H,4-6H2,1-3H3/t7-,8-,9+,12-/m1/s1. The number of ether oxygens (including phenoxy) is 3. The third kappa shape index (κ3) is 1.26. The average Bonchev–Trinajstić information content (AvgIpc) is 2.77. The Morgan fingerprint density at radius 3 is 2.62 bits per heavy atom. The van der Waals surface area contributed by atoms with E-state index in [1.54, 1.807) is 0 Å². The molecule has 0 radical (unpaired) electrons. The van der Waals surface area contributed by atoms with Crippen molar-refractivity contribution in [2.75, 3.05) is 0 Å². The SMILES string of the molecule is C[C@@H]1CC[C@@]2(C[C@H]3OC(=O)C(C)(C)[C@H]3O2)O1. The lowest BCUT2D eigenvalue weighted by molar-refractivity contribution is -0.225. The maximum absolute atomic E-state index is 11.6. The normalized spacial score (nSPS) is 49.7. The van der Waals surface area contributed by atoms with Gasteiger partial charge in [-0.3, -0.25) is 4.79 Å². The summed E-state index contributed by atoms with van der Waals surface area (Å²) in [6, 6.07) is 0. The lowest BCUT2D eigenvalue weighted by Crippen LogP contribution is -2.37. The van der Waals surface area contributed by atoms with Crippen LogP contribution in [-0.4, -0.2) is 30.1 Å². The van der Waals surface area contributed by atoms with Crippen LogP contribution in [0.4, 0.5) is 0 Å². The molecule has 0 unspecified atom stereocenters. The van der Waals surface area contributed by atoms with Crippen LogP contribution in [0, 0.1) is 5.41 Å². The highest BCUT2D eigenvalue weighted by molar-refractivity contribution is 5.79. The molecule has 0 aromatic rings. The van der Waals surface area contributed by atoms with E-state index < -0.39 is 11.2 Å². The number of hydrogen-bond acceptors (Lipinski definition) is 4. The minimum Gasteiger partial charge on any atom is -0.459 e. The van der Waals surface area contributed by atoms with Gasteiger partial charge in [0.05, 0.1) is 11.5 Å². The van der Waals surface area contributed by atoms with Crippen molar-refractivity contribution in [3.05, 3.63) is 0 Å². The molecule has 4 atom stereocenters. The number of fused-ring (bicyclic) bond motifs is 1. The molecule has 16 heavy (non-hydrogen) atoms. The van der Waals surface area contributed by atoms with E-state index in [0.29, 0.717) is 6.42 Å². The monoisotopic (exact) mass is 226 g/mol. The van der Waals surface area contributed by atoms with Crippen LogP contribution in [0.1, 0.15) is 40.0 Å². The Kier molecular flexibility index (Phi) is 1.97. The predicted octanol–water partition coefficient (Wildman–Crippen LogP) is 1.62. The van der Waals surface area contributed by atoms with Crippen LogP contribution in [0.5, 0.6) is 0 Å². The van der Waals surface area contributed by atoms with Crippen molar-refractivity contribution in [1.82, 2.24) is 0 Å². The Bertz CT molecular complexity index is 338. The summed E-state index contributed by atoms with van der Waals surface area (Å²) in [5.41, 5.74) is -0.538. The van der Waals surface area contributed by atoms with Gasteiger partial charge in [0.1, 0.15) is 12.2 Å². The first-order valence-corrected chi connectivity index (χ1v) is 6.00. The van der Waals surface area contributed by atoms with Crippen LogP contribution in [0.2, 0.25) is 0 Å². The van der Waals surface area contributed by atoms with Crippen molar-refractivity contribution >= 4 is 5.97 Å². The summed E-state index contributed by atoms with van der Waals surface area (Å²) in [7, 11) is 0. The third-order valence-corrected chi connectivity index (χ3v) is 4.04. The molecule has 90 valence electrons. The molecule has 0 N–H and O–H groups in total. The summed E-state index contributed by atoms with van der Waals surface area (Å²) >= 11 is 0. The first-order chi connectivity index (χ1) is 7.43. The highest BCUT2D eigenvalue weighted by Crippen LogP contribution is 2.51. The molecule has 3 fully saturated rings. The molecule has 3 aliphatic rings. The molecule has 3 rings (SSSR count). The van der Waals surface area contributed by atoms with Crippen molar-refractivity contribution < 1.29 is 19.0 Å². The minimum absolute atomic E-state index is 0.118. The molecule has 3 saturated heterocycles. The lowest BCUT2D eigenvalue weighted by atomic mass is 9.87. The quantitative estimate of drug-likeness (QED) is 0.589. The number of carbonyl (C=O) groups excluding carboxylic acids is 1. The summed E-state index contributed by atoms with van der Waals surface area (Å²) < 4.78 is 17.3. The van der Waals surface area contributed by atoms with Crippen LogP contribution >= 0.6 is 0 Å². The zero-order valence-corrected chi connectivity index (χ0v) is 9.99. The predicted molar refractivity (Wildman–Crippen MR) is 55.7 cm³/mol. The second-order valence-corrected chi connectivity index (χ2v) is 5.79. The van der Waals surface area contributed by atoms with E-state index >= 15 is 0 Å². The molecular weight excluding hydrogens is 208 g/mol. The highest BCUT2D eigenvalue weighted by Gasteiger charge is 2.62. The van der Waals surface area contributed by atoms with Gasteiger partial charge < -0.3 is 14.2 Å². The third-order valence-electron chi connectivity index (χ3n) is 4.04. The van der Waals surface area contributed by atoms with Gasteiger partial charge in [-0.15, -0.1) is 0 Å². The Morgan fingerprint density at radius 1 is 1.31 bits per heavy atom. The van der Waals surface area contributed by atoms with Crippen molar-refractivity contribution in [3.63, 3.8) is 0 Å². The van der Waals surface area contributed by atoms with Crippen molar-refractivity contribution in [3.8, 4) is 0 Å². The number of carbonyl (C=O) groups is 1. The molecule has 0 saturated carbocycles. The molecule has 0 aromatic carbocycles. The van der Waals surface area contributed by atoms with Gasteiger partial charge in [0.2, 0.25) is 0 Å². The summed E-state index contributed by atoms with van der Waals surface area (Å²) in [6.07, 6.45) is 2.61. The van der Waals surface area contributed by atoms with E-state index in [2.05, 4.69) is 6.92 Å². The van der Waals surface area contributed by atoms with Gasteiger partial charge in [0.25, 0.3) is 0 Å². The maximum Gasteiger partial charge on any atom is 0.314 e. The van der Waals surface area contributed by atoms with Gasteiger partial charge in [0, 0.05) is 12.8 Å². The van der Waals surface area contributed by atoms with E-state index in [-0.39, 0.29) is 24.3 Å². The molecule has 3 heterocycles. The zero-order chi connectivity index (χ0) is 11.6. The van der Waals surface area contributed by atoms with Crippen molar-refractivity contribution in [1.29, 1.82) is 0 Å². The van der Waals surface area contributed by atoms with Crippen LogP contribution in [0.25, 0.3) is 0 Å². The van der Waals surface area contributed by atoms with Gasteiger partial charge in [-0.1, -0.05) is 0 Å². The zero-order valence-electron chi connectivity index (χ0n) is 9.99. The number of esters is 1. The molecule has 4 nitrogen and oxygen atoms in total. The van der Waals surface area contributed by atoms with E-state index in [9.17, 15) is 4.79 Å². The Balaban J connectivity index is 1.83. The van der Waals surface area contributed by atoms with Crippen LogP contribution in [0.3, 0.4) is 0 Å². The maximum atomic E-state index is 11.6. The van der Waals surface area contributed by atoms with Gasteiger partial charge >= 0.3 is 5.97 Å². The number of rotatable bonds is 0. The molecule has 1 spiro atoms. The lowest BCUT2D eigenvalue weighted by Gasteiger charge is -2.27. The fraction of sp³-hybridized carbons (Fsp3) is 0.917. The number of hydrogen-bond donors (Lipinski definition) is 0. The summed E-state index contributed by atoms with van der Waals surface area (Å²) in [5, 5.41) is 0. The Hall–Kier alpha value is -0.610. The van der Waals surface area contributed by atoms with Crippen molar-refractivity contribution in [2.24, 2.45) is 5.41 Å². The van der Waals surface area contributed by atoms with Gasteiger partial charge in [0.15, 0.2) is 5.79 Å². The first kappa shape index (κ1) is 10.5. The van der Waals surface area contributed by atoms with Gasteiger partial charge in [-0.05, 0) is 27.2 Å². The van der Waals surface area contributed by atoms with E-state index in [0.717, 1.165) is 12.8 Å². The summed E-state index contributed by atoms with van der Waals surface area (Å²) in [4.78, 5) is 11.6. The largest absolute Gasteiger partial charge is 0.459 e. The van der Waals surface area contributed by atoms with E-state index in [1.807, 2.05) is 13.8 Å². The topological polar surface area (TPSA) is 44.8 Å². The van der Waals surface area contributed by atoms with Gasteiger partial charge in [-0.2, -0.15) is 0 Å². The summed E-state index contributed by atoms with van der Waals surface area (Å²) in [6.45, 7) is 5.83. The second kappa shape index (κ2) is 2.99. The summed E-state index contributed by atoms with van der Waals surface area (Å²) in [5.74, 6) is -0.629. The molecule has 0 bridgehead atoms. The molecule has 0 amide bonds. The molecule has 3 aliphatic heterocycles. The Morgan fingerprint density at radius 2 is 2.06 bits per heavy atom. The average molecular weight is 226 g/mol.